The van der Waals surface area contributed by atoms with Gasteiger partial charge in [-0.25, -0.2) is 29.9 Å². The van der Waals surface area contributed by atoms with Gasteiger partial charge < -0.3 is 5.11 Å². The van der Waals surface area contributed by atoms with Crippen LogP contribution >= 0.6 is 0 Å². The van der Waals surface area contributed by atoms with Crippen molar-refractivity contribution in [3.05, 3.63) is 103 Å². The first-order valence-electron chi connectivity index (χ1n) is 16.2. The molecule has 0 saturated heterocycles. The van der Waals surface area contributed by atoms with E-state index in [2.05, 4.69) is 35.3 Å². The highest BCUT2D eigenvalue weighted by atomic mass is 16.6. The molecule has 1 aromatic carbocycles. The zero-order valence-electron chi connectivity index (χ0n) is 26.3. The third kappa shape index (κ3) is 3.86. The van der Waals surface area contributed by atoms with Gasteiger partial charge in [-0.2, -0.15) is 0 Å². The van der Waals surface area contributed by atoms with Gasteiger partial charge in [0.05, 0.1) is 44.5 Å². The predicted octanol–water partition coefficient (Wildman–Crippen LogP) is 7.04. The summed E-state index contributed by atoms with van der Waals surface area (Å²) in [6.45, 7) is 3.69. The van der Waals surface area contributed by atoms with Crippen molar-refractivity contribution in [2.45, 2.75) is 52.4 Å². The van der Waals surface area contributed by atoms with Crippen molar-refractivity contribution in [2.75, 3.05) is 0 Å². The quantitative estimate of drug-likeness (QED) is 0.149. The number of phenolic OH excluding ortho intramolecular Hbond substituents is 1. The molecule has 0 fully saturated rings. The first kappa shape index (κ1) is 27.2. The van der Waals surface area contributed by atoms with Gasteiger partial charge in [0.15, 0.2) is 11.3 Å². The molecule has 0 saturated carbocycles. The molecule has 7 aromatic rings. The van der Waals surface area contributed by atoms with Gasteiger partial charge in [-0.1, -0.05) is 6.07 Å². The Morgan fingerprint density at radius 1 is 0.604 bits per heavy atom. The Bertz CT molecular complexity index is 2650. The Morgan fingerprint density at radius 2 is 1.08 bits per heavy atom. The van der Waals surface area contributed by atoms with Gasteiger partial charge in [-0.15, -0.1) is 0 Å². The first-order chi connectivity index (χ1) is 23.3. The Labute approximate surface area is 273 Å². The van der Waals surface area contributed by atoms with E-state index in [1.165, 1.54) is 22.8 Å². The molecule has 6 heterocycles. The number of fused-ring (bicyclic) bond motifs is 12. The zero-order valence-corrected chi connectivity index (χ0v) is 26.3. The molecule has 10 heteroatoms. The van der Waals surface area contributed by atoms with Gasteiger partial charge in [0.1, 0.15) is 11.3 Å². The van der Waals surface area contributed by atoms with Crippen molar-refractivity contribution in [3.8, 4) is 39.9 Å². The molecule has 6 aromatic heterocycles. The fourth-order valence-corrected chi connectivity index (χ4v) is 7.81. The summed E-state index contributed by atoms with van der Waals surface area (Å²) in [6.07, 6.45) is 6.86. The predicted molar refractivity (Wildman–Crippen MR) is 182 cm³/mol. The van der Waals surface area contributed by atoms with Crippen LogP contribution in [0, 0.1) is 24.0 Å². The van der Waals surface area contributed by atoms with Crippen LogP contribution in [0.25, 0.3) is 67.1 Å². The number of aromatic nitrogens is 6. The number of pyridine rings is 6. The average Bonchev–Trinajstić information content (AvgIpc) is 3.09. The number of aromatic hydroxyl groups is 1. The summed E-state index contributed by atoms with van der Waals surface area (Å²) in [7, 11) is 0. The Balaban J connectivity index is 1.14. The van der Waals surface area contributed by atoms with E-state index in [0.29, 0.717) is 34.4 Å². The summed E-state index contributed by atoms with van der Waals surface area (Å²) < 4.78 is 0. The van der Waals surface area contributed by atoms with Crippen molar-refractivity contribution in [2.24, 2.45) is 0 Å². The topological polar surface area (TPSA) is 141 Å². The third-order valence-corrected chi connectivity index (χ3v) is 10.2. The maximum absolute atomic E-state index is 11.9. The van der Waals surface area contributed by atoms with E-state index in [1.54, 1.807) is 13.0 Å². The van der Waals surface area contributed by atoms with Crippen LogP contribution in [0.2, 0.25) is 0 Å². The second kappa shape index (κ2) is 9.57. The van der Waals surface area contributed by atoms with Gasteiger partial charge >= 0.3 is 0 Å². The summed E-state index contributed by atoms with van der Waals surface area (Å²) >= 11 is 0. The van der Waals surface area contributed by atoms with E-state index in [4.69, 9.17) is 24.9 Å². The monoisotopic (exact) mass is 629 g/mol. The minimum absolute atomic E-state index is 0.0560. The Kier molecular flexibility index (Phi) is 5.43. The number of non-ortho nitro benzene ring substituents is 1. The van der Waals surface area contributed by atoms with Crippen molar-refractivity contribution >= 4 is 38.7 Å². The molecule has 0 radical (unpaired) electrons. The van der Waals surface area contributed by atoms with Crippen LogP contribution in [0.3, 0.4) is 0 Å². The molecule has 0 unspecified atom stereocenters. The Hall–Kier alpha value is -5.90. The number of nitro benzene ring substituents is 1. The van der Waals surface area contributed by atoms with E-state index in [0.717, 1.165) is 93.6 Å². The molecule has 10 rings (SSSR count). The molecule has 48 heavy (non-hydrogen) atoms. The second-order valence-corrected chi connectivity index (χ2v) is 13.3. The standard InChI is InChI=1S/C38H27N7O3/c1-17-9-25-12-21-5-3-19-11-20-4-6-22-13-26-14-23-7-8-24-15-27-28(45(47)48)10-18(2)36(46)35(27)41-31(24)34(23)44-38(26)43-33(22)30(20)40-29(19)32(21)42-37(25)39-16-17/h9-16,46H,3-8H2,1-2H3. The molecule has 0 spiro atoms. The molecule has 0 atom stereocenters. The number of hydrogen-bond donors (Lipinski definition) is 1. The van der Waals surface area contributed by atoms with Gasteiger partial charge in [0.2, 0.25) is 0 Å². The van der Waals surface area contributed by atoms with Crippen LogP contribution in [0.4, 0.5) is 5.69 Å². The van der Waals surface area contributed by atoms with Crippen molar-refractivity contribution in [3.63, 3.8) is 0 Å². The van der Waals surface area contributed by atoms with Crippen molar-refractivity contribution in [1.29, 1.82) is 0 Å². The maximum atomic E-state index is 11.9. The van der Waals surface area contributed by atoms with E-state index in [-0.39, 0.29) is 17.0 Å². The van der Waals surface area contributed by atoms with E-state index in [1.807, 2.05) is 13.1 Å². The van der Waals surface area contributed by atoms with Crippen LogP contribution in [0.5, 0.6) is 5.75 Å². The number of aryl methyl sites for hydroxylation is 8. The van der Waals surface area contributed by atoms with E-state index in [9.17, 15) is 15.2 Å². The lowest BCUT2D eigenvalue weighted by atomic mass is 9.86. The van der Waals surface area contributed by atoms with Gasteiger partial charge in [-0.05, 0) is 127 Å². The van der Waals surface area contributed by atoms with Crippen molar-refractivity contribution in [1.82, 2.24) is 29.9 Å². The molecule has 1 N–H and O–H groups in total. The molecular weight excluding hydrogens is 602 g/mol. The van der Waals surface area contributed by atoms with E-state index >= 15 is 0 Å². The average molecular weight is 630 g/mol. The molecule has 10 nitrogen and oxygen atoms in total. The van der Waals surface area contributed by atoms with Gasteiger partial charge in [-0.3, -0.25) is 10.1 Å². The number of nitro groups is 1. The lowest BCUT2D eigenvalue weighted by Gasteiger charge is -2.25. The second-order valence-electron chi connectivity index (χ2n) is 13.3. The number of hydrogen-bond acceptors (Lipinski definition) is 9. The summed E-state index contributed by atoms with van der Waals surface area (Å²) in [4.78, 5) is 41.4. The third-order valence-electron chi connectivity index (χ3n) is 10.2. The molecule has 0 amide bonds. The Morgan fingerprint density at radius 3 is 1.67 bits per heavy atom. The van der Waals surface area contributed by atoms with Crippen LogP contribution in [-0.2, 0) is 38.5 Å². The number of phenols is 1. The molecular formula is C38H27N7O3. The fraction of sp³-hybridized carbons (Fsp3) is 0.211. The minimum Gasteiger partial charge on any atom is -0.505 e. The molecule has 0 aliphatic heterocycles. The maximum Gasteiger partial charge on any atom is 0.279 e. The fourth-order valence-electron chi connectivity index (χ4n) is 7.81. The van der Waals surface area contributed by atoms with Crippen LogP contribution in [-0.4, -0.2) is 39.9 Å². The van der Waals surface area contributed by atoms with Crippen molar-refractivity contribution < 1.29 is 10.0 Å². The van der Waals surface area contributed by atoms with Crippen LogP contribution in [0.1, 0.15) is 44.5 Å². The molecule has 0 bridgehead atoms. The first-order valence-corrected chi connectivity index (χ1v) is 16.2. The number of nitrogens with zero attached hydrogens (tertiary/aromatic N) is 7. The highest BCUT2D eigenvalue weighted by molar-refractivity contribution is 5.96. The smallest absolute Gasteiger partial charge is 0.279 e. The number of benzene rings is 1. The molecule has 3 aliphatic carbocycles. The summed E-state index contributed by atoms with van der Waals surface area (Å²) in [5, 5.41) is 25.1. The number of rotatable bonds is 1. The molecule has 3 aliphatic rings. The highest BCUT2D eigenvalue weighted by Crippen LogP contribution is 2.42. The normalized spacial score (nSPS) is 14.2. The minimum atomic E-state index is -0.421. The highest BCUT2D eigenvalue weighted by Gasteiger charge is 2.29. The zero-order chi connectivity index (χ0) is 32.4. The summed E-state index contributed by atoms with van der Waals surface area (Å²) in [5.74, 6) is -0.0560. The lowest BCUT2D eigenvalue weighted by molar-refractivity contribution is -0.383. The largest absolute Gasteiger partial charge is 0.505 e. The molecule has 232 valence electrons. The van der Waals surface area contributed by atoms with Gasteiger partial charge in [0, 0.05) is 23.0 Å². The lowest BCUT2D eigenvalue weighted by Crippen LogP contribution is -2.14. The SMILES string of the molecule is Cc1cnc2nc3c(cc2c1)CCc1cc2c(nc1-3)-c1nc3nc4c(cc3cc1CC2)CCc1cc2c([N+](=O)[O-])cc(C)c(O)c2nc1-4. The van der Waals surface area contributed by atoms with Crippen LogP contribution < -0.4 is 0 Å². The summed E-state index contributed by atoms with van der Waals surface area (Å²) in [6, 6.07) is 14.2. The summed E-state index contributed by atoms with van der Waals surface area (Å²) in [5.41, 5.74) is 14.5. The van der Waals surface area contributed by atoms with Gasteiger partial charge in [0.25, 0.3) is 5.69 Å². The van der Waals surface area contributed by atoms with Crippen LogP contribution in [0.15, 0.2) is 48.7 Å². The van der Waals surface area contributed by atoms with E-state index < -0.39 is 4.92 Å².